The predicted octanol–water partition coefficient (Wildman–Crippen LogP) is 1.15. The Balaban J connectivity index is 3.21. The van der Waals surface area contributed by atoms with Crippen molar-refractivity contribution < 1.29 is 9.90 Å². The van der Waals surface area contributed by atoms with Crippen LogP contribution in [0.15, 0.2) is 18.2 Å². The first-order valence-electron chi connectivity index (χ1n) is 6.72. The van der Waals surface area contributed by atoms with Gasteiger partial charge in [-0.25, -0.2) is 0 Å². The Morgan fingerprint density at radius 2 is 2.15 bits per heavy atom. The third kappa shape index (κ3) is 4.09. The summed E-state index contributed by atoms with van der Waals surface area (Å²) in [7, 11) is 0. The number of nitrogens with zero attached hydrogens (tertiary/aromatic N) is 1. The molecule has 1 amide bonds. The van der Waals surface area contributed by atoms with E-state index in [9.17, 15) is 4.79 Å². The van der Waals surface area contributed by atoms with E-state index in [1.165, 1.54) is 0 Å². The van der Waals surface area contributed by atoms with Gasteiger partial charge in [0.1, 0.15) is 0 Å². The molecule has 0 spiro atoms. The number of hydrogen-bond donors (Lipinski definition) is 2. The normalized spacial score (nSPS) is 10.1. The zero-order valence-electron chi connectivity index (χ0n) is 12.3. The van der Waals surface area contributed by atoms with Gasteiger partial charge in [-0.15, -0.1) is 0 Å². The molecule has 0 fully saturated rings. The number of aliphatic hydroxyl groups excluding tert-OH is 1. The van der Waals surface area contributed by atoms with Gasteiger partial charge >= 0.3 is 0 Å². The van der Waals surface area contributed by atoms with Gasteiger partial charge in [0.05, 0.1) is 18.7 Å². The van der Waals surface area contributed by atoms with E-state index in [0.29, 0.717) is 17.7 Å². The van der Waals surface area contributed by atoms with Crippen LogP contribution in [-0.4, -0.2) is 41.7 Å². The number of nitrogens with two attached hydrogens (primary N) is 1. The van der Waals surface area contributed by atoms with E-state index in [4.69, 9.17) is 10.8 Å². The molecule has 1 rings (SSSR count). The van der Waals surface area contributed by atoms with Gasteiger partial charge in [0.25, 0.3) is 5.91 Å². The molecule has 0 bridgehead atoms. The van der Waals surface area contributed by atoms with Gasteiger partial charge in [0.2, 0.25) is 0 Å². The summed E-state index contributed by atoms with van der Waals surface area (Å²) in [6, 6.07) is 5.60. The Morgan fingerprint density at radius 1 is 1.45 bits per heavy atom. The average molecular weight is 274 g/mol. The fourth-order valence-electron chi connectivity index (χ4n) is 1.95. The SMILES string of the molecule is Cc1ccc(C#CCN)c(C(=O)N(CCO)C(C)C)c1. The highest BCUT2D eigenvalue weighted by Gasteiger charge is 2.20. The monoisotopic (exact) mass is 274 g/mol. The predicted molar refractivity (Wildman–Crippen MR) is 80.4 cm³/mol. The molecule has 20 heavy (non-hydrogen) atoms. The van der Waals surface area contributed by atoms with Gasteiger partial charge in [0, 0.05) is 18.2 Å². The molecule has 0 unspecified atom stereocenters. The molecule has 1 aromatic carbocycles. The second-order valence-corrected chi connectivity index (χ2v) is 4.87. The van der Waals surface area contributed by atoms with Crippen molar-refractivity contribution in [2.24, 2.45) is 5.73 Å². The molecule has 0 aliphatic rings. The van der Waals surface area contributed by atoms with E-state index in [0.717, 1.165) is 5.56 Å². The van der Waals surface area contributed by atoms with E-state index in [1.54, 1.807) is 4.90 Å². The summed E-state index contributed by atoms with van der Waals surface area (Å²) < 4.78 is 0. The highest BCUT2D eigenvalue weighted by atomic mass is 16.3. The van der Waals surface area contributed by atoms with E-state index >= 15 is 0 Å². The number of carbonyl (C=O) groups is 1. The molecule has 4 heteroatoms. The van der Waals surface area contributed by atoms with E-state index in [2.05, 4.69) is 11.8 Å². The molecular formula is C16H22N2O2. The maximum Gasteiger partial charge on any atom is 0.255 e. The number of aliphatic hydroxyl groups is 1. The maximum atomic E-state index is 12.6. The Bertz CT molecular complexity index is 527. The molecule has 108 valence electrons. The summed E-state index contributed by atoms with van der Waals surface area (Å²) in [4.78, 5) is 14.3. The van der Waals surface area contributed by atoms with Crippen LogP contribution in [0.2, 0.25) is 0 Å². The fraction of sp³-hybridized carbons (Fsp3) is 0.438. The van der Waals surface area contributed by atoms with Crippen molar-refractivity contribution in [3.8, 4) is 11.8 Å². The fourth-order valence-corrected chi connectivity index (χ4v) is 1.95. The quantitative estimate of drug-likeness (QED) is 0.809. The van der Waals surface area contributed by atoms with Gasteiger partial charge < -0.3 is 15.7 Å². The van der Waals surface area contributed by atoms with Crippen molar-refractivity contribution in [3.63, 3.8) is 0 Å². The van der Waals surface area contributed by atoms with E-state index in [-0.39, 0.29) is 25.1 Å². The maximum absolute atomic E-state index is 12.6. The Hall–Kier alpha value is -1.83. The van der Waals surface area contributed by atoms with Gasteiger partial charge in [-0.2, -0.15) is 0 Å². The summed E-state index contributed by atoms with van der Waals surface area (Å²) in [5.41, 5.74) is 7.62. The highest BCUT2D eigenvalue weighted by Crippen LogP contribution is 2.15. The number of hydrogen-bond acceptors (Lipinski definition) is 3. The van der Waals surface area contributed by atoms with Crippen molar-refractivity contribution in [2.75, 3.05) is 19.7 Å². The lowest BCUT2D eigenvalue weighted by Gasteiger charge is -2.26. The molecular weight excluding hydrogens is 252 g/mol. The summed E-state index contributed by atoms with van der Waals surface area (Å²) in [6.07, 6.45) is 0. The number of amides is 1. The minimum absolute atomic E-state index is 0.0190. The van der Waals surface area contributed by atoms with Gasteiger partial charge in [-0.1, -0.05) is 23.5 Å². The summed E-state index contributed by atoms with van der Waals surface area (Å²) in [5, 5.41) is 9.11. The van der Waals surface area contributed by atoms with Crippen molar-refractivity contribution in [1.82, 2.24) is 4.90 Å². The smallest absolute Gasteiger partial charge is 0.255 e. The summed E-state index contributed by atoms with van der Waals surface area (Å²) >= 11 is 0. The lowest BCUT2D eigenvalue weighted by molar-refractivity contribution is 0.0665. The molecule has 0 atom stereocenters. The number of carbonyl (C=O) groups excluding carboxylic acids is 1. The topological polar surface area (TPSA) is 66.6 Å². The third-order valence-electron chi connectivity index (χ3n) is 2.96. The van der Waals surface area contributed by atoms with Crippen molar-refractivity contribution in [3.05, 3.63) is 34.9 Å². The molecule has 0 aromatic heterocycles. The molecule has 1 aromatic rings. The zero-order valence-corrected chi connectivity index (χ0v) is 12.3. The van der Waals surface area contributed by atoms with Crippen LogP contribution in [0.25, 0.3) is 0 Å². The number of rotatable bonds is 4. The lowest BCUT2D eigenvalue weighted by Crippen LogP contribution is -2.39. The molecule has 0 saturated heterocycles. The zero-order chi connectivity index (χ0) is 15.1. The molecule has 4 nitrogen and oxygen atoms in total. The van der Waals surface area contributed by atoms with Crippen molar-refractivity contribution in [1.29, 1.82) is 0 Å². The number of aryl methyl sites for hydroxylation is 1. The van der Waals surface area contributed by atoms with Crippen LogP contribution in [0.4, 0.5) is 0 Å². The molecule has 0 aliphatic carbocycles. The van der Waals surface area contributed by atoms with Crippen molar-refractivity contribution in [2.45, 2.75) is 26.8 Å². The van der Waals surface area contributed by atoms with Gasteiger partial charge in [-0.3, -0.25) is 4.79 Å². The second kappa shape index (κ2) is 7.68. The Labute approximate surface area is 120 Å². The van der Waals surface area contributed by atoms with Crippen LogP contribution in [-0.2, 0) is 0 Å². The largest absolute Gasteiger partial charge is 0.395 e. The Kier molecular flexibility index (Phi) is 6.23. The molecule has 0 aliphatic heterocycles. The second-order valence-electron chi connectivity index (χ2n) is 4.87. The summed E-state index contributed by atoms with van der Waals surface area (Å²) in [6.45, 7) is 6.30. The minimum atomic E-state index is -0.112. The highest BCUT2D eigenvalue weighted by molar-refractivity contribution is 5.97. The van der Waals surface area contributed by atoms with Crippen LogP contribution >= 0.6 is 0 Å². The third-order valence-corrected chi connectivity index (χ3v) is 2.96. The van der Waals surface area contributed by atoms with Crippen LogP contribution in [0, 0.1) is 18.8 Å². The molecule has 0 heterocycles. The van der Waals surface area contributed by atoms with Crippen LogP contribution in [0.1, 0.15) is 35.3 Å². The van der Waals surface area contributed by atoms with Gasteiger partial charge in [-0.05, 0) is 32.9 Å². The average Bonchev–Trinajstić information content (AvgIpc) is 2.42. The minimum Gasteiger partial charge on any atom is -0.395 e. The van der Waals surface area contributed by atoms with Gasteiger partial charge in [0.15, 0.2) is 0 Å². The Morgan fingerprint density at radius 3 is 2.70 bits per heavy atom. The lowest BCUT2D eigenvalue weighted by atomic mass is 10.0. The van der Waals surface area contributed by atoms with Crippen LogP contribution < -0.4 is 5.73 Å². The first kappa shape index (κ1) is 16.2. The molecule has 0 saturated carbocycles. The standard InChI is InChI=1S/C16H22N2O2/c1-12(2)18(9-10-19)16(20)15-11-13(3)6-7-14(15)5-4-8-17/h6-7,11-12,19H,8-10,17H2,1-3H3. The number of benzene rings is 1. The molecule has 3 N–H and O–H groups in total. The van der Waals surface area contributed by atoms with Crippen LogP contribution in [0.3, 0.4) is 0 Å². The van der Waals surface area contributed by atoms with Crippen molar-refractivity contribution >= 4 is 5.91 Å². The molecule has 0 radical (unpaired) electrons. The van der Waals surface area contributed by atoms with Crippen LogP contribution in [0.5, 0.6) is 0 Å². The summed E-state index contributed by atoms with van der Waals surface area (Å²) in [5.74, 6) is 5.60. The van der Waals surface area contributed by atoms with E-state index < -0.39 is 0 Å². The first-order valence-corrected chi connectivity index (χ1v) is 6.72. The first-order chi connectivity index (χ1) is 9.51. The van der Waals surface area contributed by atoms with E-state index in [1.807, 2.05) is 39.0 Å².